The number of hydrogen-bond acceptors (Lipinski definition) is 6. The third kappa shape index (κ3) is 4.23. The minimum absolute atomic E-state index is 0.135. The molecule has 0 radical (unpaired) electrons. The number of carbonyl (C=O) groups is 2. The summed E-state index contributed by atoms with van der Waals surface area (Å²) >= 11 is 0. The van der Waals surface area contributed by atoms with E-state index in [2.05, 4.69) is 10.3 Å². The topological polar surface area (TPSA) is 106 Å². The molecule has 1 N–H and O–H groups in total. The number of aromatic nitrogens is 2. The average Bonchev–Trinajstić information content (AvgIpc) is 3.16. The zero-order valence-corrected chi connectivity index (χ0v) is 18.9. The summed E-state index contributed by atoms with van der Waals surface area (Å²) in [6.45, 7) is 7.01. The van der Waals surface area contributed by atoms with Crippen molar-refractivity contribution >= 4 is 17.7 Å². The molecule has 3 heterocycles. The van der Waals surface area contributed by atoms with E-state index in [1.165, 1.54) is 4.57 Å². The summed E-state index contributed by atoms with van der Waals surface area (Å²) in [5.74, 6) is -0.271. The van der Waals surface area contributed by atoms with Gasteiger partial charge in [0.1, 0.15) is 29.6 Å². The van der Waals surface area contributed by atoms with Crippen molar-refractivity contribution in [2.45, 2.75) is 38.9 Å². The van der Waals surface area contributed by atoms with Crippen molar-refractivity contribution in [1.82, 2.24) is 9.55 Å². The fraction of sp³-hybridized carbons (Fsp3) is 0.280. The van der Waals surface area contributed by atoms with Gasteiger partial charge >= 0.3 is 6.09 Å². The second kappa shape index (κ2) is 8.19. The van der Waals surface area contributed by atoms with E-state index in [1.54, 1.807) is 57.3 Å². The lowest BCUT2D eigenvalue weighted by molar-refractivity contribution is -0.124. The number of nitrogens with zero attached hydrogens (tertiary/aromatic N) is 3. The molecule has 0 aliphatic carbocycles. The maximum absolute atomic E-state index is 12.9. The monoisotopic (exact) mass is 444 g/mol. The van der Waals surface area contributed by atoms with Gasteiger partial charge < -0.3 is 14.8 Å². The Hall–Kier alpha value is -3.96. The van der Waals surface area contributed by atoms with Crippen LogP contribution in [0.5, 0.6) is 0 Å². The molecular weight excluding hydrogens is 420 g/mol. The minimum atomic E-state index is -1.02. The van der Waals surface area contributed by atoms with Crippen molar-refractivity contribution in [2.24, 2.45) is 0 Å². The van der Waals surface area contributed by atoms with E-state index in [1.807, 2.05) is 31.2 Å². The third-order valence-electron chi connectivity index (χ3n) is 5.32. The van der Waals surface area contributed by atoms with Crippen LogP contribution < -0.4 is 5.32 Å². The Morgan fingerprint density at radius 2 is 2.03 bits per heavy atom. The number of rotatable bonds is 2. The number of amides is 1. The molecule has 2 aromatic heterocycles. The molecule has 0 spiro atoms. The van der Waals surface area contributed by atoms with E-state index >= 15 is 0 Å². The second-order valence-electron chi connectivity index (χ2n) is 8.88. The summed E-state index contributed by atoms with van der Waals surface area (Å²) in [5.41, 5.74) is 1.46. The number of ether oxygens (including phenoxy) is 2. The van der Waals surface area contributed by atoms with Crippen LogP contribution in [0.2, 0.25) is 0 Å². The molecule has 0 saturated carbocycles. The van der Waals surface area contributed by atoms with Crippen LogP contribution in [-0.4, -0.2) is 33.8 Å². The number of fused-ring (bicyclic) bond motifs is 1. The molecule has 8 heteroatoms. The number of carbonyl (C=O) groups excluding carboxylic acids is 2. The molecule has 0 saturated heterocycles. The minimum Gasteiger partial charge on any atom is -0.443 e. The lowest BCUT2D eigenvalue weighted by Gasteiger charge is -2.29. The highest BCUT2D eigenvalue weighted by Gasteiger charge is 2.37. The van der Waals surface area contributed by atoms with Crippen molar-refractivity contribution in [3.05, 3.63) is 71.7 Å². The lowest BCUT2D eigenvalue weighted by Crippen LogP contribution is -2.29. The van der Waals surface area contributed by atoms with Gasteiger partial charge in [-0.1, -0.05) is 12.1 Å². The number of hydrogen-bond donors (Lipinski definition) is 1. The lowest BCUT2D eigenvalue weighted by atomic mass is 9.88. The molecule has 33 heavy (non-hydrogen) atoms. The highest BCUT2D eigenvalue weighted by molar-refractivity contribution is 5.94. The predicted molar refractivity (Wildman–Crippen MR) is 121 cm³/mol. The van der Waals surface area contributed by atoms with Crippen LogP contribution >= 0.6 is 0 Å². The first kappa shape index (κ1) is 22.2. The number of anilines is 1. The van der Waals surface area contributed by atoms with E-state index in [0.717, 1.165) is 0 Å². The van der Waals surface area contributed by atoms with Gasteiger partial charge in [0, 0.05) is 17.4 Å². The van der Waals surface area contributed by atoms with Crippen LogP contribution in [0.3, 0.4) is 0 Å². The van der Waals surface area contributed by atoms with Gasteiger partial charge in [-0.15, -0.1) is 0 Å². The van der Waals surface area contributed by atoms with Crippen molar-refractivity contribution in [2.75, 3.05) is 11.9 Å². The average molecular weight is 444 g/mol. The Bertz CT molecular complexity index is 1270. The van der Waals surface area contributed by atoms with Crippen LogP contribution in [0.15, 0.2) is 54.7 Å². The summed E-state index contributed by atoms with van der Waals surface area (Å²) in [7, 11) is 0. The summed E-state index contributed by atoms with van der Waals surface area (Å²) in [6, 6.07) is 16.2. The van der Waals surface area contributed by atoms with Crippen molar-refractivity contribution in [1.29, 1.82) is 5.26 Å². The van der Waals surface area contributed by atoms with Crippen molar-refractivity contribution in [3.8, 4) is 17.3 Å². The standard InChI is InChI=1S/C25H24N4O4/c1-24(2,3)33-23(31)29-17(14-26)9-11-20(29)16-8-10-19-18(13-16)25(4,32-15-22(30)28-19)21-7-5-6-12-27-21/h5-13H,15H2,1-4H3,(H,28,30). The Morgan fingerprint density at radius 3 is 2.70 bits per heavy atom. The highest BCUT2D eigenvalue weighted by atomic mass is 16.6. The first-order valence-corrected chi connectivity index (χ1v) is 10.5. The van der Waals surface area contributed by atoms with E-state index in [0.29, 0.717) is 28.2 Å². The maximum Gasteiger partial charge on any atom is 0.420 e. The number of pyridine rings is 1. The fourth-order valence-electron chi connectivity index (χ4n) is 3.79. The van der Waals surface area contributed by atoms with Gasteiger partial charge in [-0.25, -0.2) is 9.36 Å². The molecule has 1 aliphatic rings. The van der Waals surface area contributed by atoms with Gasteiger partial charge in [0.15, 0.2) is 0 Å². The molecule has 0 fully saturated rings. The summed E-state index contributed by atoms with van der Waals surface area (Å²) in [4.78, 5) is 29.7. The molecule has 0 bridgehead atoms. The van der Waals surface area contributed by atoms with E-state index in [-0.39, 0.29) is 18.2 Å². The van der Waals surface area contributed by atoms with E-state index in [4.69, 9.17) is 9.47 Å². The third-order valence-corrected chi connectivity index (χ3v) is 5.32. The van der Waals surface area contributed by atoms with E-state index < -0.39 is 17.3 Å². The van der Waals surface area contributed by atoms with Gasteiger partial charge in [-0.3, -0.25) is 9.78 Å². The van der Waals surface area contributed by atoms with Gasteiger partial charge in [-0.05, 0) is 69.7 Å². The molecule has 3 aromatic rings. The summed E-state index contributed by atoms with van der Waals surface area (Å²) < 4.78 is 12.8. The zero-order chi connectivity index (χ0) is 23.8. The van der Waals surface area contributed by atoms with Crippen molar-refractivity contribution in [3.63, 3.8) is 0 Å². The summed E-state index contributed by atoms with van der Waals surface area (Å²) in [5, 5.41) is 12.4. The van der Waals surface area contributed by atoms with Gasteiger partial charge in [0.2, 0.25) is 5.91 Å². The first-order chi connectivity index (χ1) is 15.6. The Labute approximate surface area is 191 Å². The van der Waals surface area contributed by atoms with Crippen LogP contribution in [0.25, 0.3) is 11.3 Å². The number of nitrogens with one attached hydrogen (secondary N) is 1. The highest BCUT2D eigenvalue weighted by Crippen LogP contribution is 2.40. The molecule has 1 aliphatic heterocycles. The molecule has 168 valence electrons. The first-order valence-electron chi connectivity index (χ1n) is 10.5. The summed E-state index contributed by atoms with van der Waals surface area (Å²) in [6.07, 6.45) is 1.02. The fourth-order valence-corrected chi connectivity index (χ4v) is 3.79. The van der Waals surface area contributed by atoms with Crippen molar-refractivity contribution < 1.29 is 19.1 Å². The zero-order valence-electron chi connectivity index (χ0n) is 18.9. The largest absolute Gasteiger partial charge is 0.443 e. The van der Waals surface area contributed by atoms with Crippen LogP contribution in [-0.2, 0) is 19.9 Å². The Balaban J connectivity index is 1.88. The number of nitriles is 1. The molecule has 8 nitrogen and oxygen atoms in total. The van der Waals surface area contributed by atoms with Gasteiger partial charge in [0.05, 0.1) is 11.4 Å². The van der Waals surface area contributed by atoms with Crippen LogP contribution in [0.4, 0.5) is 10.5 Å². The maximum atomic E-state index is 12.9. The smallest absolute Gasteiger partial charge is 0.420 e. The second-order valence-corrected chi connectivity index (χ2v) is 8.88. The normalized spacial score (nSPS) is 18.0. The SMILES string of the molecule is CC(C)(C)OC(=O)n1c(C#N)ccc1-c1ccc2c(c1)C(C)(c1ccccn1)OCC(=O)N2. The molecular formula is C25H24N4O4. The van der Waals surface area contributed by atoms with Gasteiger partial charge in [0.25, 0.3) is 0 Å². The predicted octanol–water partition coefficient (Wildman–Crippen LogP) is 4.44. The molecule has 4 rings (SSSR count). The number of benzene rings is 1. The molecule has 1 unspecified atom stereocenters. The Kier molecular flexibility index (Phi) is 5.52. The molecule has 1 aromatic carbocycles. The quantitative estimate of drug-likeness (QED) is 0.626. The van der Waals surface area contributed by atoms with Crippen LogP contribution in [0.1, 0.15) is 44.6 Å². The van der Waals surface area contributed by atoms with E-state index in [9.17, 15) is 14.9 Å². The molecule has 1 amide bonds. The van der Waals surface area contributed by atoms with Gasteiger partial charge in [-0.2, -0.15) is 5.26 Å². The Morgan fingerprint density at radius 1 is 1.24 bits per heavy atom. The van der Waals surface area contributed by atoms with Crippen LogP contribution in [0, 0.1) is 11.3 Å². The molecule has 1 atom stereocenters.